The van der Waals surface area contributed by atoms with E-state index in [-0.39, 0.29) is 0 Å². The van der Waals surface area contributed by atoms with Crippen LogP contribution in [0, 0.1) is 0 Å². The van der Waals surface area contributed by atoms with E-state index in [2.05, 4.69) is 30.9 Å². The lowest BCUT2D eigenvalue weighted by Crippen LogP contribution is -1.66. The van der Waals surface area contributed by atoms with Crippen molar-refractivity contribution in [2.24, 2.45) is 0 Å². The van der Waals surface area contributed by atoms with Crippen LogP contribution in [0.3, 0.4) is 0 Å². The highest BCUT2D eigenvalue weighted by Crippen LogP contribution is 1.96. The molecule has 0 radical (unpaired) electrons. The Balaban J connectivity index is 3.13. The van der Waals surface area contributed by atoms with Crippen LogP contribution >= 0.6 is 0 Å². The maximum Gasteiger partial charge on any atom is -0.0272 e. The minimum atomic E-state index is 1.15. The summed E-state index contributed by atoms with van der Waals surface area (Å²) in [6.45, 7) is 4.05. The Bertz CT molecular complexity index is 134. The molecule has 0 aliphatic rings. The van der Waals surface area contributed by atoms with Gasteiger partial charge in [-0.15, -0.1) is 5.73 Å². The van der Waals surface area contributed by atoms with Gasteiger partial charge in [-0.3, -0.25) is 0 Å². The molecule has 0 atom stereocenters. The van der Waals surface area contributed by atoms with Gasteiger partial charge in [0.15, 0.2) is 0 Å². The predicted molar refractivity (Wildman–Crippen MR) is 47.0 cm³/mol. The molecule has 0 bridgehead atoms. The van der Waals surface area contributed by atoms with Crippen LogP contribution in [0.4, 0.5) is 0 Å². The van der Waals surface area contributed by atoms with Crippen molar-refractivity contribution in [1.29, 1.82) is 0 Å². The fourth-order valence-corrected chi connectivity index (χ4v) is 0.706. The number of unbranched alkanes of at least 4 members (excludes halogenated alkanes) is 2. The molecule has 0 saturated carbocycles. The third kappa shape index (κ3) is 7.26. The number of allylic oxidation sites excluding steroid dienone is 3. The van der Waals surface area contributed by atoms with Gasteiger partial charge in [-0.05, 0) is 45.3 Å². The van der Waals surface area contributed by atoms with Gasteiger partial charge in [0.25, 0.3) is 0 Å². The van der Waals surface area contributed by atoms with Crippen LogP contribution in [-0.2, 0) is 0 Å². The van der Waals surface area contributed by atoms with Gasteiger partial charge < -0.3 is 0 Å². The van der Waals surface area contributed by atoms with Crippen molar-refractivity contribution in [2.75, 3.05) is 0 Å². The van der Waals surface area contributed by atoms with Crippen molar-refractivity contribution >= 4 is 0 Å². The normalized spacial score (nSPS) is 9.40. The predicted octanol–water partition coefficient (Wildman–Crippen LogP) is 3.46. The first-order valence-corrected chi connectivity index (χ1v) is 3.88. The zero-order chi connectivity index (χ0) is 7.66. The topological polar surface area (TPSA) is 0 Å². The number of hydrogen-bond donors (Lipinski definition) is 0. The van der Waals surface area contributed by atoms with E-state index < -0.39 is 0 Å². The Hall–Kier alpha value is -0.740. The third-order valence-electron chi connectivity index (χ3n) is 1.24. The van der Waals surface area contributed by atoms with Gasteiger partial charge in [-0.25, -0.2) is 0 Å². The molecule has 56 valence electrons. The van der Waals surface area contributed by atoms with E-state index in [0.717, 1.165) is 6.42 Å². The first-order valence-electron chi connectivity index (χ1n) is 3.88. The van der Waals surface area contributed by atoms with Crippen LogP contribution in [0.5, 0.6) is 0 Å². The molecule has 0 nitrogen and oxygen atoms in total. The van der Waals surface area contributed by atoms with Crippen LogP contribution in [0.15, 0.2) is 30.0 Å². The molecule has 0 aromatic rings. The largest absolute Gasteiger partial charge is 0.130 e. The number of hydrogen-bond acceptors (Lipinski definition) is 0. The van der Waals surface area contributed by atoms with E-state index in [9.17, 15) is 0 Å². The molecule has 0 aromatic heterocycles. The first kappa shape index (κ1) is 9.26. The molecule has 0 heterocycles. The van der Waals surface area contributed by atoms with E-state index in [4.69, 9.17) is 0 Å². The van der Waals surface area contributed by atoms with Crippen LogP contribution in [0.25, 0.3) is 0 Å². The Morgan fingerprint density at radius 3 is 2.60 bits per heavy atom. The highest BCUT2D eigenvalue weighted by Gasteiger charge is 1.76. The zero-order valence-electron chi connectivity index (χ0n) is 6.93. The fourth-order valence-electron chi connectivity index (χ4n) is 0.706. The molecule has 0 fully saturated rings. The quantitative estimate of drug-likeness (QED) is 0.315. The van der Waals surface area contributed by atoms with Crippen molar-refractivity contribution in [2.45, 2.75) is 33.1 Å². The molecule has 0 amide bonds. The third-order valence-corrected chi connectivity index (χ3v) is 1.24. The Kier molecular flexibility index (Phi) is 7.65. The van der Waals surface area contributed by atoms with Crippen LogP contribution in [-0.4, -0.2) is 0 Å². The summed E-state index contributed by atoms with van der Waals surface area (Å²) in [6.07, 6.45) is 11.9. The van der Waals surface area contributed by atoms with E-state index in [1.54, 1.807) is 0 Å². The maximum atomic E-state index is 3.05. The SMILES string of the molecule is CC=C=CCCCC=CC. The van der Waals surface area contributed by atoms with Gasteiger partial charge in [-0.1, -0.05) is 12.2 Å². The average Bonchev–Trinajstić information content (AvgIpc) is 1.97. The molecule has 0 N–H and O–H groups in total. The van der Waals surface area contributed by atoms with Gasteiger partial charge in [0.2, 0.25) is 0 Å². The Morgan fingerprint density at radius 1 is 1.20 bits per heavy atom. The summed E-state index contributed by atoms with van der Waals surface area (Å²) < 4.78 is 0. The molecular formula is C10H16. The fraction of sp³-hybridized carbons (Fsp3) is 0.500. The van der Waals surface area contributed by atoms with Crippen LogP contribution < -0.4 is 0 Å². The van der Waals surface area contributed by atoms with Crippen LogP contribution in [0.2, 0.25) is 0 Å². The van der Waals surface area contributed by atoms with Crippen molar-refractivity contribution in [3.8, 4) is 0 Å². The lowest BCUT2D eigenvalue weighted by molar-refractivity contribution is 0.868. The van der Waals surface area contributed by atoms with E-state index >= 15 is 0 Å². The smallest absolute Gasteiger partial charge is 0.0272 e. The van der Waals surface area contributed by atoms with E-state index in [1.165, 1.54) is 12.8 Å². The van der Waals surface area contributed by atoms with E-state index in [1.807, 2.05) is 13.0 Å². The summed E-state index contributed by atoms with van der Waals surface area (Å²) in [6, 6.07) is 0. The van der Waals surface area contributed by atoms with Gasteiger partial charge in [0, 0.05) is 0 Å². The Morgan fingerprint density at radius 2 is 2.00 bits per heavy atom. The molecule has 0 spiro atoms. The summed E-state index contributed by atoms with van der Waals surface area (Å²) in [4.78, 5) is 0. The minimum Gasteiger partial charge on any atom is -0.130 e. The van der Waals surface area contributed by atoms with Crippen LogP contribution in [0.1, 0.15) is 33.1 Å². The average molecular weight is 136 g/mol. The summed E-state index contributed by atoms with van der Waals surface area (Å²) in [7, 11) is 0. The molecular weight excluding hydrogens is 120 g/mol. The summed E-state index contributed by atoms with van der Waals surface area (Å²) >= 11 is 0. The molecule has 10 heavy (non-hydrogen) atoms. The molecule has 0 aliphatic carbocycles. The Labute approximate surface area is 64.0 Å². The second-order valence-electron chi connectivity index (χ2n) is 2.16. The van der Waals surface area contributed by atoms with E-state index in [0.29, 0.717) is 0 Å². The summed E-state index contributed by atoms with van der Waals surface area (Å²) in [5.41, 5.74) is 3.05. The molecule has 0 saturated heterocycles. The maximum absolute atomic E-state index is 3.05. The van der Waals surface area contributed by atoms with Crippen molar-refractivity contribution in [3.05, 3.63) is 30.0 Å². The lowest BCUT2D eigenvalue weighted by Gasteiger charge is -1.85. The summed E-state index contributed by atoms with van der Waals surface area (Å²) in [5, 5.41) is 0. The highest BCUT2D eigenvalue weighted by molar-refractivity contribution is 4.83. The number of rotatable bonds is 4. The molecule has 0 aromatic carbocycles. The van der Waals surface area contributed by atoms with Gasteiger partial charge >= 0.3 is 0 Å². The molecule has 0 heteroatoms. The second-order valence-corrected chi connectivity index (χ2v) is 2.16. The second kappa shape index (κ2) is 8.26. The first-order chi connectivity index (χ1) is 4.91. The molecule has 0 aliphatic heterocycles. The molecule has 0 unspecified atom stereocenters. The minimum absolute atomic E-state index is 1.15. The van der Waals surface area contributed by atoms with Crippen molar-refractivity contribution in [1.82, 2.24) is 0 Å². The summed E-state index contributed by atoms with van der Waals surface area (Å²) in [5.74, 6) is 0. The molecule has 0 rings (SSSR count). The van der Waals surface area contributed by atoms with Gasteiger partial charge in [-0.2, -0.15) is 0 Å². The standard InChI is InChI=1S/C10H16/c1-3-5-7-9-10-8-6-4-2/h3-5,8H,7,9-10H2,1-2H3. The highest BCUT2D eigenvalue weighted by atomic mass is 13.8. The van der Waals surface area contributed by atoms with Gasteiger partial charge in [0.1, 0.15) is 0 Å². The monoisotopic (exact) mass is 136 g/mol. The lowest BCUT2D eigenvalue weighted by atomic mass is 10.2. The van der Waals surface area contributed by atoms with Gasteiger partial charge in [0.05, 0.1) is 0 Å². The zero-order valence-corrected chi connectivity index (χ0v) is 6.93. The van der Waals surface area contributed by atoms with Crippen molar-refractivity contribution in [3.63, 3.8) is 0 Å². The van der Waals surface area contributed by atoms with Crippen molar-refractivity contribution < 1.29 is 0 Å².